The summed E-state index contributed by atoms with van der Waals surface area (Å²) in [5.74, 6) is -1.84. The Labute approximate surface area is 104 Å². The maximum absolute atomic E-state index is 11.3. The maximum Gasteiger partial charge on any atom is 0.315 e. The van der Waals surface area contributed by atoms with Crippen LogP contribution in [0.1, 0.15) is 24.2 Å². The van der Waals surface area contributed by atoms with Gasteiger partial charge < -0.3 is 4.74 Å². The molecule has 1 atom stereocenters. The van der Waals surface area contributed by atoms with Crippen LogP contribution in [0.2, 0.25) is 0 Å². The zero-order chi connectivity index (χ0) is 13.8. The van der Waals surface area contributed by atoms with Crippen LogP contribution in [0.5, 0.6) is 0 Å². The number of hydrogen-bond donors (Lipinski definition) is 1. The van der Waals surface area contributed by atoms with Gasteiger partial charge in [0.1, 0.15) is 5.25 Å². The molecule has 0 saturated carbocycles. The molecule has 0 saturated heterocycles. The summed E-state index contributed by atoms with van der Waals surface area (Å²) >= 11 is 0. The van der Waals surface area contributed by atoms with Crippen molar-refractivity contribution in [1.82, 2.24) is 0 Å². The topological polar surface area (TPSA) is 97.7 Å². The Morgan fingerprint density at radius 1 is 1.28 bits per heavy atom. The summed E-state index contributed by atoms with van der Waals surface area (Å²) in [6, 6.07) is 7.73. The third-order valence-electron chi connectivity index (χ3n) is 2.14. The first-order valence-corrected chi connectivity index (χ1v) is 6.53. The maximum atomic E-state index is 11.3. The minimum absolute atomic E-state index is 0.250. The zero-order valence-corrected chi connectivity index (χ0v) is 10.4. The Morgan fingerprint density at radius 3 is 2.28 bits per heavy atom. The average Bonchev–Trinajstić information content (AvgIpc) is 2.24. The summed E-state index contributed by atoms with van der Waals surface area (Å²) in [5.41, 5.74) is 0.250. The standard InChI is InChI=1S/C11H12O6S/c1-8(12)17-11(13)7-10(18(14,15)16)9-5-3-2-4-6-9/h2-6,10H,7H2,1H3,(H,14,15,16). The van der Waals surface area contributed by atoms with Crippen molar-refractivity contribution in [1.29, 1.82) is 0 Å². The molecule has 1 N–H and O–H groups in total. The van der Waals surface area contributed by atoms with Crippen molar-refractivity contribution >= 4 is 22.1 Å². The van der Waals surface area contributed by atoms with Gasteiger partial charge in [0.2, 0.25) is 0 Å². The van der Waals surface area contributed by atoms with Crippen molar-refractivity contribution in [3.8, 4) is 0 Å². The molecule has 0 aliphatic carbocycles. The van der Waals surface area contributed by atoms with E-state index in [4.69, 9.17) is 4.55 Å². The molecule has 98 valence electrons. The highest BCUT2D eigenvalue weighted by Gasteiger charge is 2.28. The highest BCUT2D eigenvalue weighted by Crippen LogP contribution is 2.25. The van der Waals surface area contributed by atoms with Gasteiger partial charge in [0.15, 0.2) is 0 Å². The van der Waals surface area contributed by atoms with Crippen molar-refractivity contribution in [2.45, 2.75) is 18.6 Å². The Morgan fingerprint density at radius 2 is 1.83 bits per heavy atom. The number of carbonyl (C=O) groups is 2. The summed E-state index contributed by atoms with van der Waals surface area (Å²) in [4.78, 5) is 21.8. The van der Waals surface area contributed by atoms with E-state index in [1.54, 1.807) is 18.2 Å². The fourth-order valence-corrected chi connectivity index (χ4v) is 2.26. The summed E-state index contributed by atoms with van der Waals surface area (Å²) < 4.78 is 35.8. The fourth-order valence-electron chi connectivity index (χ4n) is 1.42. The van der Waals surface area contributed by atoms with Gasteiger partial charge in [-0.2, -0.15) is 8.42 Å². The van der Waals surface area contributed by atoms with Crippen molar-refractivity contribution in [3.05, 3.63) is 35.9 Å². The van der Waals surface area contributed by atoms with Crippen LogP contribution in [0.3, 0.4) is 0 Å². The van der Waals surface area contributed by atoms with Crippen LogP contribution in [0, 0.1) is 0 Å². The van der Waals surface area contributed by atoms with Crippen LogP contribution in [0.25, 0.3) is 0 Å². The first kappa shape index (κ1) is 14.3. The van der Waals surface area contributed by atoms with Gasteiger partial charge in [-0.25, -0.2) is 0 Å². The monoisotopic (exact) mass is 272 g/mol. The molecule has 0 amide bonds. The molecular formula is C11H12O6S. The second-order valence-electron chi connectivity index (χ2n) is 3.58. The molecule has 0 radical (unpaired) electrons. The van der Waals surface area contributed by atoms with Gasteiger partial charge in [-0.3, -0.25) is 14.1 Å². The van der Waals surface area contributed by atoms with Gasteiger partial charge >= 0.3 is 11.9 Å². The van der Waals surface area contributed by atoms with Crippen molar-refractivity contribution in [2.75, 3.05) is 0 Å². The second kappa shape index (κ2) is 5.74. The molecule has 7 heteroatoms. The van der Waals surface area contributed by atoms with Gasteiger partial charge in [-0.05, 0) is 5.56 Å². The average molecular weight is 272 g/mol. The molecule has 18 heavy (non-hydrogen) atoms. The lowest BCUT2D eigenvalue weighted by Crippen LogP contribution is -2.19. The number of carbonyl (C=O) groups excluding carboxylic acids is 2. The number of rotatable bonds is 4. The molecule has 0 heterocycles. The molecule has 0 spiro atoms. The molecule has 0 aliphatic heterocycles. The van der Waals surface area contributed by atoms with Crippen LogP contribution in [0.15, 0.2) is 30.3 Å². The van der Waals surface area contributed by atoms with Crippen LogP contribution in [-0.2, 0) is 24.4 Å². The highest BCUT2D eigenvalue weighted by molar-refractivity contribution is 7.86. The van der Waals surface area contributed by atoms with Crippen LogP contribution in [-0.4, -0.2) is 24.9 Å². The molecule has 0 aromatic heterocycles. The van der Waals surface area contributed by atoms with Crippen LogP contribution in [0.4, 0.5) is 0 Å². The normalized spacial score (nSPS) is 12.8. The molecule has 1 unspecified atom stereocenters. The van der Waals surface area contributed by atoms with Crippen molar-refractivity contribution in [2.24, 2.45) is 0 Å². The van der Waals surface area contributed by atoms with Crippen molar-refractivity contribution in [3.63, 3.8) is 0 Å². The number of hydrogen-bond acceptors (Lipinski definition) is 5. The first-order chi connectivity index (χ1) is 8.30. The highest BCUT2D eigenvalue weighted by atomic mass is 32.2. The second-order valence-corrected chi connectivity index (χ2v) is 5.18. The Bertz CT molecular complexity index is 534. The third-order valence-corrected chi connectivity index (χ3v) is 3.30. The largest absolute Gasteiger partial charge is 0.393 e. The Balaban J connectivity index is 2.95. The van der Waals surface area contributed by atoms with E-state index in [1.807, 2.05) is 0 Å². The fraction of sp³-hybridized carbons (Fsp3) is 0.273. The van der Waals surface area contributed by atoms with E-state index in [1.165, 1.54) is 12.1 Å². The lowest BCUT2D eigenvalue weighted by atomic mass is 10.1. The summed E-state index contributed by atoms with van der Waals surface area (Å²) in [7, 11) is -4.46. The number of ether oxygens (including phenoxy) is 1. The van der Waals surface area contributed by atoms with Gasteiger partial charge in [-0.1, -0.05) is 30.3 Å². The SMILES string of the molecule is CC(=O)OC(=O)CC(c1ccccc1)S(=O)(=O)O. The minimum atomic E-state index is -4.46. The van der Waals surface area contributed by atoms with Gasteiger partial charge in [0.05, 0.1) is 6.42 Å². The van der Waals surface area contributed by atoms with E-state index in [2.05, 4.69) is 4.74 Å². The lowest BCUT2D eigenvalue weighted by Gasteiger charge is -2.12. The third kappa shape index (κ3) is 4.27. The van der Waals surface area contributed by atoms with Gasteiger partial charge in [0, 0.05) is 6.92 Å². The van der Waals surface area contributed by atoms with Gasteiger partial charge in [0.25, 0.3) is 10.1 Å². The van der Waals surface area contributed by atoms with Gasteiger partial charge in [-0.15, -0.1) is 0 Å². The molecule has 1 rings (SSSR count). The molecule has 1 aromatic rings. The predicted molar refractivity (Wildman–Crippen MR) is 62.1 cm³/mol. The number of benzene rings is 1. The van der Waals surface area contributed by atoms with Crippen molar-refractivity contribution < 1.29 is 27.3 Å². The Hall–Kier alpha value is -1.73. The molecular weight excluding hydrogens is 260 g/mol. The minimum Gasteiger partial charge on any atom is -0.393 e. The Kier molecular flexibility index (Phi) is 4.57. The first-order valence-electron chi connectivity index (χ1n) is 5.03. The molecule has 6 nitrogen and oxygen atoms in total. The van der Waals surface area contributed by atoms with E-state index in [9.17, 15) is 18.0 Å². The van der Waals surface area contributed by atoms with Crippen LogP contribution >= 0.6 is 0 Å². The zero-order valence-electron chi connectivity index (χ0n) is 9.57. The summed E-state index contributed by atoms with van der Waals surface area (Å²) in [6.45, 7) is 1.03. The number of esters is 2. The van der Waals surface area contributed by atoms with Crippen LogP contribution < -0.4 is 0 Å². The predicted octanol–water partition coefficient (Wildman–Crippen LogP) is 1.10. The van der Waals surface area contributed by atoms with E-state index >= 15 is 0 Å². The summed E-state index contributed by atoms with van der Waals surface area (Å²) in [6.07, 6.45) is -0.623. The van der Waals surface area contributed by atoms with E-state index in [0.717, 1.165) is 6.92 Å². The molecule has 0 fully saturated rings. The smallest absolute Gasteiger partial charge is 0.315 e. The summed E-state index contributed by atoms with van der Waals surface area (Å²) in [5, 5.41) is -1.44. The quantitative estimate of drug-likeness (QED) is 0.500. The van der Waals surface area contributed by atoms with E-state index in [0.29, 0.717) is 0 Å². The molecule has 0 bridgehead atoms. The molecule has 0 aliphatic rings. The van der Waals surface area contributed by atoms with E-state index < -0.39 is 33.7 Å². The molecule has 1 aromatic carbocycles. The van der Waals surface area contributed by atoms with E-state index in [-0.39, 0.29) is 5.56 Å². The lowest BCUT2D eigenvalue weighted by molar-refractivity contribution is -0.158.